The third-order valence-corrected chi connectivity index (χ3v) is 7.07. The molecule has 0 aliphatic carbocycles. The number of benzene rings is 2. The maximum Gasteiger partial charge on any atom is 0.322 e. The highest BCUT2D eigenvalue weighted by atomic mass is 35.5. The molecule has 32 heavy (non-hydrogen) atoms. The highest BCUT2D eigenvalue weighted by molar-refractivity contribution is 6.37. The summed E-state index contributed by atoms with van der Waals surface area (Å²) in [4.78, 5) is 21.8. The number of aromatic hydroxyl groups is 1. The zero-order valence-corrected chi connectivity index (χ0v) is 19.2. The Morgan fingerprint density at radius 2 is 1.84 bits per heavy atom. The van der Waals surface area contributed by atoms with Crippen molar-refractivity contribution in [1.82, 2.24) is 15.2 Å². The van der Waals surface area contributed by atoms with E-state index >= 15 is 0 Å². The summed E-state index contributed by atoms with van der Waals surface area (Å²) in [6.07, 6.45) is 4.01. The molecule has 8 heteroatoms. The van der Waals surface area contributed by atoms with Crippen molar-refractivity contribution in [3.8, 4) is 16.9 Å². The number of hydrogen-bond acceptors (Lipinski definition) is 4. The van der Waals surface area contributed by atoms with E-state index in [-0.39, 0.29) is 21.8 Å². The smallest absolute Gasteiger partial charge is 0.322 e. The predicted octanol–water partition coefficient (Wildman–Crippen LogP) is 5.29. The number of halogens is 2. The van der Waals surface area contributed by atoms with Crippen LogP contribution < -0.4 is 10.2 Å². The molecule has 2 aliphatic heterocycles. The summed E-state index contributed by atoms with van der Waals surface area (Å²) >= 11 is 12.3. The second-order valence-electron chi connectivity index (χ2n) is 8.67. The summed E-state index contributed by atoms with van der Waals surface area (Å²) in [6, 6.07) is 9.24. The number of carbonyl (C=O) groups excluding carboxylic acids is 1. The highest BCUT2D eigenvalue weighted by Gasteiger charge is 2.30. The van der Waals surface area contributed by atoms with Crippen LogP contribution >= 0.6 is 23.2 Å². The van der Waals surface area contributed by atoms with Crippen LogP contribution in [0, 0.1) is 5.92 Å². The summed E-state index contributed by atoms with van der Waals surface area (Å²) in [7, 11) is 2.14. The van der Waals surface area contributed by atoms with E-state index in [9.17, 15) is 9.90 Å². The van der Waals surface area contributed by atoms with Crippen LogP contribution in [0.5, 0.6) is 5.75 Å². The zero-order chi connectivity index (χ0) is 22.4. The number of phenolic OH excluding ortho intramolecular Hbond substituents is 1. The number of fused-ring (bicyclic) bond motifs is 3. The average Bonchev–Trinajstić information content (AvgIpc) is 2.79. The fourth-order valence-electron chi connectivity index (χ4n) is 4.62. The Bertz CT molecular complexity index is 1190. The van der Waals surface area contributed by atoms with Gasteiger partial charge in [-0.15, -0.1) is 0 Å². The molecule has 2 N–H and O–H groups in total. The number of pyridine rings is 1. The summed E-state index contributed by atoms with van der Waals surface area (Å²) < 4.78 is 0. The minimum Gasteiger partial charge on any atom is -0.505 e. The molecule has 3 heterocycles. The van der Waals surface area contributed by atoms with Gasteiger partial charge in [0.05, 0.1) is 21.2 Å². The van der Waals surface area contributed by atoms with E-state index < -0.39 is 0 Å². The fraction of sp³-hybridized carbons (Fsp3) is 0.333. The normalized spacial score (nSPS) is 17.5. The van der Waals surface area contributed by atoms with E-state index in [1.165, 1.54) is 0 Å². The fourth-order valence-corrected chi connectivity index (χ4v) is 5.11. The van der Waals surface area contributed by atoms with Crippen molar-refractivity contribution in [3.63, 3.8) is 0 Å². The van der Waals surface area contributed by atoms with E-state index in [1.54, 1.807) is 12.1 Å². The SMILES string of the molecule is CN1CCC(CN2C(=O)NCc3cnc4ccc(-c5cc(Cl)c(O)c(Cl)c5)cc4c32)CC1. The first-order valence-electron chi connectivity index (χ1n) is 10.7. The van der Waals surface area contributed by atoms with Gasteiger partial charge in [0.15, 0.2) is 5.75 Å². The van der Waals surface area contributed by atoms with Crippen LogP contribution in [-0.4, -0.2) is 47.7 Å². The van der Waals surface area contributed by atoms with Crippen molar-refractivity contribution >= 4 is 45.8 Å². The van der Waals surface area contributed by atoms with E-state index in [0.717, 1.165) is 59.2 Å². The van der Waals surface area contributed by atoms with E-state index in [4.69, 9.17) is 23.2 Å². The van der Waals surface area contributed by atoms with Crippen LogP contribution in [-0.2, 0) is 6.54 Å². The molecule has 2 amide bonds. The number of hydrogen-bond donors (Lipinski definition) is 2. The van der Waals surface area contributed by atoms with Crippen molar-refractivity contribution in [1.29, 1.82) is 0 Å². The summed E-state index contributed by atoms with van der Waals surface area (Å²) in [5, 5.41) is 14.2. The first kappa shape index (κ1) is 21.3. The minimum absolute atomic E-state index is 0.0648. The molecule has 1 fully saturated rings. The number of nitrogens with one attached hydrogen (secondary N) is 1. The second-order valence-corrected chi connectivity index (χ2v) is 9.48. The number of nitrogens with zero attached hydrogens (tertiary/aromatic N) is 3. The summed E-state index contributed by atoms with van der Waals surface area (Å²) in [6.45, 7) is 3.25. The maximum atomic E-state index is 12.9. The number of piperidine rings is 1. The number of amides is 2. The van der Waals surface area contributed by atoms with Gasteiger partial charge in [-0.05, 0) is 74.3 Å². The molecule has 6 nitrogen and oxygen atoms in total. The number of urea groups is 1. The highest BCUT2D eigenvalue weighted by Crippen LogP contribution is 2.39. The zero-order valence-electron chi connectivity index (χ0n) is 17.7. The van der Waals surface area contributed by atoms with Crippen molar-refractivity contribution in [2.75, 3.05) is 31.6 Å². The lowest BCUT2D eigenvalue weighted by atomic mass is 9.95. The third-order valence-electron chi connectivity index (χ3n) is 6.49. The molecular weight excluding hydrogens is 447 g/mol. The van der Waals surface area contributed by atoms with Crippen LogP contribution in [0.25, 0.3) is 22.0 Å². The number of aromatic nitrogens is 1. The predicted molar refractivity (Wildman–Crippen MR) is 129 cm³/mol. The number of carbonyl (C=O) groups is 1. The van der Waals surface area contributed by atoms with Gasteiger partial charge in [0, 0.05) is 30.2 Å². The number of likely N-dealkylation sites (tertiary alicyclic amines) is 1. The molecular formula is C24H24Cl2N4O2. The molecule has 166 valence electrons. The van der Waals surface area contributed by atoms with E-state index in [1.807, 2.05) is 29.3 Å². The van der Waals surface area contributed by atoms with Gasteiger partial charge in [-0.2, -0.15) is 0 Å². The Labute approximate surface area is 196 Å². The molecule has 1 aromatic heterocycles. The molecule has 2 aromatic carbocycles. The minimum atomic E-state index is -0.127. The monoisotopic (exact) mass is 470 g/mol. The number of anilines is 1. The second kappa shape index (κ2) is 8.43. The van der Waals surface area contributed by atoms with Gasteiger partial charge in [0.1, 0.15) is 0 Å². The van der Waals surface area contributed by atoms with Crippen LogP contribution in [0.4, 0.5) is 10.5 Å². The molecule has 1 saturated heterocycles. The standard InChI is InChI=1S/C24H24Cl2N4O2/c1-29-6-4-14(5-7-29)13-30-22-17(12-28-24(30)32)11-27-21-3-2-15(8-18(21)22)16-9-19(25)23(31)20(26)10-16/h2-3,8-11,14,31H,4-7,12-13H2,1H3,(H,28,32). The lowest BCUT2D eigenvalue weighted by Crippen LogP contribution is -2.47. The van der Waals surface area contributed by atoms with Crippen molar-refractivity contribution < 1.29 is 9.90 Å². The Kier molecular flexibility index (Phi) is 5.61. The van der Waals surface area contributed by atoms with Crippen LogP contribution in [0.3, 0.4) is 0 Å². The van der Waals surface area contributed by atoms with E-state index in [0.29, 0.717) is 19.0 Å². The molecule has 5 rings (SSSR count). The molecule has 2 aliphatic rings. The van der Waals surface area contributed by atoms with E-state index in [2.05, 4.69) is 22.2 Å². The quantitative estimate of drug-likeness (QED) is 0.545. The molecule has 0 atom stereocenters. The van der Waals surface area contributed by atoms with Crippen LogP contribution in [0.1, 0.15) is 18.4 Å². The first-order valence-corrected chi connectivity index (χ1v) is 11.5. The van der Waals surface area contributed by atoms with Gasteiger partial charge < -0.3 is 15.3 Å². The Morgan fingerprint density at radius 1 is 1.12 bits per heavy atom. The van der Waals surface area contributed by atoms with Crippen LogP contribution in [0.15, 0.2) is 36.5 Å². The lowest BCUT2D eigenvalue weighted by molar-refractivity contribution is 0.216. The first-order chi connectivity index (χ1) is 15.4. The molecule has 0 spiro atoms. The van der Waals surface area contributed by atoms with Gasteiger partial charge >= 0.3 is 6.03 Å². The molecule has 0 bridgehead atoms. The van der Waals surface area contributed by atoms with Gasteiger partial charge in [-0.3, -0.25) is 9.88 Å². The average molecular weight is 471 g/mol. The Hall–Kier alpha value is -2.54. The summed E-state index contributed by atoms with van der Waals surface area (Å²) in [5.41, 5.74) is 4.44. The van der Waals surface area contributed by atoms with Crippen molar-refractivity contribution in [2.24, 2.45) is 5.92 Å². The topological polar surface area (TPSA) is 68.7 Å². The molecule has 0 saturated carbocycles. The Balaban J connectivity index is 1.59. The van der Waals surface area contributed by atoms with Gasteiger partial charge in [-0.25, -0.2) is 4.79 Å². The lowest BCUT2D eigenvalue weighted by Gasteiger charge is -2.36. The molecule has 3 aromatic rings. The largest absolute Gasteiger partial charge is 0.505 e. The summed E-state index contributed by atoms with van der Waals surface area (Å²) in [5.74, 6) is 0.335. The van der Waals surface area contributed by atoms with Crippen molar-refractivity contribution in [3.05, 3.63) is 52.1 Å². The maximum absolute atomic E-state index is 12.9. The van der Waals surface area contributed by atoms with Gasteiger partial charge in [0.2, 0.25) is 0 Å². The van der Waals surface area contributed by atoms with Gasteiger partial charge in [-0.1, -0.05) is 29.3 Å². The third kappa shape index (κ3) is 3.87. The number of rotatable bonds is 3. The van der Waals surface area contributed by atoms with Gasteiger partial charge in [0.25, 0.3) is 0 Å². The number of phenols is 1. The molecule has 0 unspecified atom stereocenters. The van der Waals surface area contributed by atoms with Crippen molar-refractivity contribution in [2.45, 2.75) is 19.4 Å². The Morgan fingerprint density at radius 3 is 2.56 bits per heavy atom. The van der Waals surface area contributed by atoms with Crippen LogP contribution in [0.2, 0.25) is 10.0 Å². The molecule has 0 radical (unpaired) electrons.